The quantitative estimate of drug-likeness (QED) is 0.103. The Balaban J connectivity index is 1.28. The first kappa shape index (κ1) is 33.8. The Kier molecular flexibility index (Phi) is 16.3. The molecule has 2 heterocycles. The van der Waals surface area contributed by atoms with Gasteiger partial charge in [-0.15, -0.1) is 0 Å². The van der Waals surface area contributed by atoms with Gasteiger partial charge in [0.15, 0.2) is 5.82 Å². The summed E-state index contributed by atoms with van der Waals surface area (Å²) in [5.74, 6) is 0.618. The van der Waals surface area contributed by atoms with Crippen LogP contribution in [-0.4, -0.2) is 40.2 Å². The molecular weight excluding hydrogens is 522 g/mol. The number of imidazole rings is 1. The van der Waals surface area contributed by atoms with Crippen LogP contribution in [0.3, 0.4) is 0 Å². The third-order valence-electron chi connectivity index (χ3n) is 8.39. The van der Waals surface area contributed by atoms with Crippen LogP contribution in [0.15, 0.2) is 30.6 Å². The second-order valence-corrected chi connectivity index (χ2v) is 11.9. The van der Waals surface area contributed by atoms with E-state index in [9.17, 15) is 4.79 Å². The van der Waals surface area contributed by atoms with Gasteiger partial charge < -0.3 is 20.4 Å². The molecule has 42 heavy (non-hydrogen) atoms. The van der Waals surface area contributed by atoms with Crippen LogP contribution in [0.4, 0.5) is 5.82 Å². The summed E-state index contributed by atoms with van der Waals surface area (Å²) in [6.45, 7) is 6.22. The van der Waals surface area contributed by atoms with E-state index in [2.05, 4.69) is 32.8 Å². The van der Waals surface area contributed by atoms with Crippen molar-refractivity contribution in [2.75, 3.05) is 25.5 Å². The Morgan fingerprint density at radius 3 is 2.14 bits per heavy atom. The molecular formula is C35H57N5O2. The zero-order chi connectivity index (χ0) is 29.8. The Morgan fingerprint density at radius 2 is 1.50 bits per heavy atom. The van der Waals surface area contributed by atoms with Crippen molar-refractivity contribution in [3.8, 4) is 0 Å². The molecule has 234 valence electrons. The number of anilines is 1. The number of ether oxygens (including phenoxy) is 1. The Morgan fingerprint density at radius 1 is 0.881 bits per heavy atom. The Bertz CT molecular complexity index is 1160. The van der Waals surface area contributed by atoms with Crippen LogP contribution in [-0.2, 0) is 9.53 Å². The summed E-state index contributed by atoms with van der Waals surface area (Å²) < 4.78 is 8.03. The highest BCUT2D eigenvalue weighted by atomic mass is 16.5. The number of aromatic nitrogens is 3. The fourth-order valence-electron chi connectivity index (χ4n) is 5.91. The van der Waals surface area contributed by atoms with Gasteiger partial charge in [-0.1, -0.05) is 115 Å². The number of fused-ring (bicyclic) bond motifs is 3. The van der Waals surface area contributed by atoms with E-state index >= 15 is 0 Å². The van der Waals surface area contributed by atoms with E-state index < -0.39 is 0 Å². The zero-order valence-electron chi connectivity index (χ0n) is 26.5. The molecule has 0 fully saturated rings. The minimum absolute atomic E-state index is 0.104. The highest BCUT2D eigenvalue weighted by Gasteiger charge is 2.18. The first-order valence-corrected chi connectivity index (χ1v) is 17.0. The van der Waals surface area contributed by atoms with Crippen molar-refractivity contribution in [1.82, 2.24) is 19.9 Å². The molecule has 7 heteroatoms. The number of nitrogen functional groups attached to an aromatic ring is 1. The number of carbonyl (C=O) groups excluding carboxylic acids is 1. The van der Waals surface area contributed by atoms with E-state index in [4.69, 9.17) is 10.5 Å². The van der Waals surface area contributed by atoms with Gasteiger partial charge in [0, 0.05) is 25.0 Å². The zero-order valence-corrected chi connectivity index (χ0v) is 26.5. The van der Waals surface area contributed by atoms with Crippen molar-refractivity contribution in [2.45, 2.75) is 135 Å². The molecule has 1 aromatic carbocycles. The molecule has 3 N–H and O–H groups in total. The maximum Gasteiger partial charge on any atom is 0.219 e. The number of carbonyl (C=O) groups is 1. The fraction of sp³-hybridized carbons (Fsp3) is 0.686. The van der Waals surface area contributed by atoms with Crippen LogP contribution in [0, 0.1) is 0 Å². The number of pyridine rings is 1. The first-order chi connectivity index (χ1) is 20.7. The number of unbranched alkanes of at least 4 members (excludes halogenated alkanes) is 14. The highest BCUT2D eigenvalue weighted by molar-refractivity contribution is 6.06. The molecule has 0 aliphatic carbocycles. The summed E-state index contributed by atoms with van der Waals surface area (Å²) in [4.78, 5) is 21.5. The normalized spacial score (nSPS) is 12.3. The predicted octanol–water partition coefficient (Wildman–Crippen LogP) is 8.90. The summed E-state index contributed by atoms with van der Waals surface area (Å²) in [7, 11) is 0. The van der Waals surface area contributed by atoms with Crippen molar-refractivity contribution in [3.63, 3.8) is 0 Å². The van der Waals surface area contributed by atoms with E-state index in [1.54, 1.807) is 0 Å². The molecule has 0 aliphatic heterocycles. The van der Waals surface area contributed by atoms with E-state index in [-0.39, 0.29) is 11.9 Å². The minimum Gasteiger partial charge on any atom is -0.382 e. The average molecular weight is 580 g/mol. The van der Waals surface area contributed by atoms with Crippen LogP contribution >= 0.6 is 0 Å². The van der Waals surface area contributed by atoms with Crippen LogP contribution in [0.5, 0.6) is 0 Å². The average Bonchev–Trinajstić information content (AvgIpc) is 3.45. The molecule has 0 saturated heterocycles. The molecule has 0 unspecified atom stereocenters. The topological polar surface area (TPSA) is 95.1 Å². The lowest BCUT2D eigenvalue weighted by molar-refractivity contribution is -0.121. The summed E-state index contributed by atoms with van der Waals surface area (Å²) in [5, 5.41) is 4.17. The third kappa shape index (κ3) is 11.5. The van der Waals surface area contributed by atoms with Crippen molar-refractivity contribution < 1.29 is 9.53 Å². The number of hydrogen-bond donors (Lipinski definition) is 2. The number of rotatable bonds is 24. The lowest BCUT2D eigenvalue weighted by Crippen LogP contribution is -2.25. The molecule has 0 radical (unpaired) electrons. The van der Waals surface area contributed by atoms with Gasteiger partial charge in [0.25, 0.3) is 0 Å². The molecule has 2 aromatic heterocycles. The second kappa shape index (κ2) is 20.3. The standard InChI is InChI=1S/C35H57N5O2/c1-3-5-6-7-8-9-10-11-12-13-14-15-16-17-18-25-32(41)37-26-21-22-29(27-42-4-2)40-28-38-33-34(40)30-23-19-20-24-31(30)39-35(33)36/h19-20,23-24,28-29H,3-18,21-22,25-27H2,1-2H3,(H2,36,39)(H,37,41)/t29-/m0/s1. The number of hydrogen-bond acceptors (Lipinski definition) is 5. The van der Waals surface area contributed by atoms with Gasteiger partial charge in [-0.2, -0.15) is 0 Å². The lowest BCUT2D eigenvalue weighted by atomic mass is 10.0. The van der Waals surface area contributed by atoms with Gasteiger partial charge in [0.1, 0.15) is 5.52 Å². The summed E-state index contributed by atoms with van der Waals surface area (Å²) in [5.41, 5.74) is 8.84. The highest BCUT2D eigenvalue weighted by Crippen LogP contribution is 2.30. The van der Waals surface area contributed by atoms with E-state index in [0.29, 0.717) is 32.0 Å². The smallest absolute Gasteiger partial charge is 0.219 e. The van der Waals surface area contributed by atoms with Crippen LogP contribution in [0.1, 0.15) is 135 Å². The molecule has 1 amide bonds. The van der Waals surface area contributed by atoms with Gasteiger partial charge in [-0.05, 0) is 32.3 Å². The van der Waals surface area contributed by atoms with E-state index in [1.807, 2.05) is 31.5 Å². The minimum atomic E-state index is 0.104. The predicted molar refractivity (Wildman–Crippen MR) is 177 cm³/mol. The molecule has 3 rings (SSSR count). The monoisotopic (exact) mass is 579 g/mol. The van der Waals surface area contributed by atoms with E-state index in [0.717, 1.165) is 47.6 Å². The number of nitrogens with two attached hydrogens (primary N) is 1. The SMILES string of the molecule is CCCCCCCCCCCCCCCCCC(=O)NCCC[C@@H](COCC)n1cnc2c(N)nc3ccccc3c21. The van der Waals surface area contributed by atoms with Gasteiger partial charge in [-0.25, -0.2) is 9.97 Å². The van der Waals surface area contributed by atoms with Crippen LogP contribution in [0.25, 0.3) is 21.9 Å². The Labute approximate surface area is 254 Å². The van der Waals surface area contributed by atoms with Crippen LogP contribution < -0.4 is 11.1 Å². The maximum absolute atomic E-state index is 12.4. The maximum atomic E-state index is 12.4. The molecule has 0 spiro atoms. The summed E-state index contributed by atoms with van der Waals surface area (Å²) >= 11 is 0. The molecule has 3 aromatic rings. The molecule has 7 nitrogen and oxygen atoms in total. The number of amides is 1. The van der Waals surface area contributed by atoms with Crippen LogP contribution in [0.2, 0.25) is 0 Å². The number of nitrogens with one attached hydrogen (secondary N) is 1. The van der Waals surface area contributed by atoms with Crippen molar-refractivity contribution in [2.24, 2.45) is 0 Å². The summed E-state index contributed by atoms with van der Waals surface area (Å²) in [6.07, 6.45) is 24.3. The Hall–Kier alpha value is -2.67. The van der Waals surface area contributed by atoms with Gasteiger partial charge in [0.2, 0.25) is 5.91 Å². The van der Waals surface area contributed by atoms with Crippen molar-refractivity contribution >= 4 is 33.7 Å². The van der Waals surface area contributed by atoms with Crippen molar-refractivity contribution in [1.29, 1.82) is 0 Å². The van der Waals surface area contributed by atoms with Gasteiger partial charge in [0.05, 0.1) is 30.0 Å². The molecule has 0 bridgehead atoms. The number of benzene rings is 1. The summed E-state index contributed by atoms with van der Waals surface area (Å²) in [6, 6.07) is 8.14. The third-order valence-corrected chi connectivity index (χ3v) is 8.39. The van der Waals surface area contributed by atoms with Crippen molar-refractivity contribution in [3.05, 3.63) is 30.6 Å². The van der Waals surface area contributed by atoms with Gasteiger partial charge in [-0.3, -0.25) is 4.79 Å². The number of nitrogens with zero attached hydrogens (tertiary/aromatic N) is 3. The number of para-hydroxylation sites is 1. The van der Waals surface area contributed by atoms with E-state index in [1.165, 1.54) is 83.5 Å². The van der Waals surface area contributed by atoms with Gasteiger partial charge >= 0.3 is 0 Å². The second-order valence-electron chi connectivity index (χ2n) is 11.9. The molecule has 0 aliphatic rings. The molecule has 1 atom stereocenters. The lowest BCUT2D eigenvalue weighted by Gasteiger charge is -2.20. The molecule has 0 saturated carbocycles. The first-order valence-electron chi connectivity index (χ1n) is 17.0. The largest absolute Gasteiger partial charge is 0.382 e. The fourth-order valence-corrected chi connectivity index (χ4v) is 5.91.